The molecule has 1 heterocycles. The van der Waals surface area contributed by atoms with Gasteiger partial charge in [-0.3, -0.25) is 9.59 Å². The number of amides is 1. The second-order valence-electron chi connectivity index (χ2n) is 7.29. The number of hydrogen-bond donors (Lipinski definition) is 2. The van der Waals surface area contributed by atoms with Crippen LogP contribution >= 0.6 is 0 Å². The first-order valence-corrected chi connectivity index (χ1v) is 10.4. The van der Waals surface area contributed by atoms with Crippen LogP contribution in [-0.2, 0) is 16.0 Å². The van der Waals surface area contributed by atoms with Crippen LogP contribution in [0.25, 0.3) is 0 Å². The third-order valence-corrected chi connectivity index (χ3v) is 5.06. The molecule has 1 aliphatic rings. The summed E-state index contributed by atoms with van der Waals surface area (Å²) in [5, 5.41) is 2.93. The molecule has 2 aromatic carbocycles. The first-order valence-electron chi connectivity index (χ1n) is 10.4. The fourth-order valence-corrected chi connectivity index (χ4v) is 3.33. The summed E-state index contributed by atoms with van der Waals surface area (Å²) in [5.74, 6) is -0.0552. The first kappa shape index (κ1) is 21.6. The summed E-state index contributed by atoms with van der Waals surface area (Å²) < 4.78 is 5.37. The Labute approximate surface area is 177 Å². The summed E-state index contributed by atoms with van der Waals surface area (Å²) in [6.07, 6.45) is 5.25. The van der Waals surface area contributed by atoms with E-state index in [2.05, 4.69) is 10.2 Å². The highest BCUT2D eigenvalue weighted by molar-refractivity contribution is 5.94. The number of rotatable bonds is 9. The smallest absolute Gasteiger partial charge is 0.251 e. The summed E-state index contributed by atoms with van der Waals surface area (Å²) in [6.45, 7) is 3.79. The van der Waals surface area contributed by atoms with Crippen LogP contribution in [0.4, 0.5) is 11.4 Å². The second kappa shape index (κ2) is 11.2. The number of carbonyl (C=O) groups excluding carboxylic acids is 2. The van der Waals surface area contributed by atoms with Gasteiger partial charge in [0.25, 0.3) is 5.91 Å². The van der Waals surface area contributed by atoms with Gasteiger partial charge in [0.2, 0.25) is 0 Å². The van der Waals surface area contributed by atoms with Crippen molar-refractivity contribution in [1.82, 2.24) is 5.32 Å². The van der Waals surface area contributed by atoms with Gasteiger partial charge in [0.1, 0.15) is 0 Å². The van der Waals surface area contributed by atoms with Crippen LogP contribution in [0, 0.1) is 0 Å². The van der Waals surface area contributed by atoms with Gasteiger partial charge in [0.05, 0.1) is 13.2 Å². The topological polar surface area (TPSA) is 84.7 Å². The fraction of sp³-hybridized carbons (Fsp3) is 0.333. The second-order valence-corrected chi connectivity index (χ2v) is 7.29. The summed E-state index contributed by atoms with van der Waals surface area (Å²) in [6, 6.07) is 15.1. The number of allylic oxidation sites excluding steroid dienone is 2. The largest absolute Gasteiger partial charge is 0.398 e. The zero-order chi connectivity index (χ0) is 21.2. The van der Waals surface area contributed by atoms with Crippen molar-refractivity contribution < 1.29 is 14.3 Å². The lowest BCUT2D eigenvalue weighted by Gasteiger charge is -2.28. The lowest BCUT2D eigenvalue weighted by molar-refractivity contribution is -0.114. The van der Waals surface area contributed by atoms with Crippen molar-refractivity contribution in [3.8, 4) is 0 Å². The van der Waals surface area contributed by atoms with E-state index in [-0.39, 0.29) is 11.7 Å². The van der Waals surface area contributed by atoms with Gasteiger partial charge in [-0.25, -0.2) is 0 Å². The molecule has 0 bridgehead atoms. The van der Waals surface area contributed by atoms with E-state index in [1.807, 2.05) is 48.5 Å². The van der Waals surface area contributed by atoms with E-state index in [0.29, 0.717) is 24.2 Å². The number of ether oxygens (including phenoxy) is 1. The van der Waals surface area contributed by atoms with Crippen LogP contribution in [0.3, 0.4) is 0 Å². The molecule has 6 nitrogen and oxygen atoms in total. The third kappa shape index (κ3) is 6.46. The van der Waals surface area contributed by atoms with E-state index >= 15 is 0 Å². The average molecular weight is 408 g/mol. The number of ketones is 1. The van der Waals surface area contributed by atoms with E-state index < -0.39 is 0 Å². The Balaban J connectivity index is 1.35. The molecule has 6 heteroatoms. The number of para-hydroxylation sites is 1. The maximum Gasteiger partial charge on any atom is 0.251 e. The third-order valence-electron chi connectivity index (χ3n) is 5.06. The molecule has 3 N–H and O–H groups in total. The molecule has 1 fully saturated rings. The van der Waals surface area contributed by atoms with Crippen molar-refractivity contribution in [1.29, 1.82) is 0 Å². The minimum Gasteiger partial charge on any atom is -0.398 e. The van der Waals surface area contributed by atoms with Gasteiger partial charge in [0, 0.05) is 43.0 Å². The van der Waals surface area contributed by atoms with Gasteiger partial charge in [-0.1, -0.05) is 24.3 Å². The maximum absolute atomic E-state index is 12.3. The van der Waals surface area contributed by atoms with Crippen molar-refractivity contribution in [2.24, 2.45) is 0 Å². The monoisotopic (exact) mass is 407 g/mol. The van der Waals surface area contributed by atoms with Crippen molar-refractivity contribution in [2.45, 2.75) is 19.3 Å². The molecule has 0 aromatic heterocycles. The number of anilines is 2. The molecule has 0 saturated carbocycles. The van der Waals surface area contributed by atoms with Gasteiger partial charge >= 0.3 is 0 Å². The van der Waals surface area contributed by atoms with Gasteiger partial charge in [-0.15, -0.1) is 0 Å². The Morgan fingerprint density at radius 3 is 2.53 bits per heavy atom. The molecule has 0 spiro atoms. The predicted octanol–water partition coefficient (Wildman–Crippen LogP) is 2.98. The summed E-state index contributed by atoms with van der Waals surface area (Å²) in [5.41, 5.74) is 9.11. The van der Waals surface area contributed by atoms with Crippen LogP contribution in [0.15, 0.2) is 60.7 Å². The summed E-state index contributed by atoms with van der Waals surface area (Å²) in [4.78, 5) is 26.5. The highest BCUT2D eigenvalue weighted by Crippen LogP contribution is 2.16. The summed E-state index contributed by atoms with van der Waals surface area (Å²) in [7, 11) is 0. The van der Waals surface area contributed by atoms with Gasteiger partial charge < -0.3 is 20.7 Å². The highest BCUT2D eigenvalue weighted by Gasteiger charge is 2.12. The highest BCUT2D eigenvalue weighted by atomic mass is 16.5. The van der Waals surface area contributed by atoms with Crippen molar-refractivity contribution in [3.05, 3.63) is 71.8 Å². The van der Waals surface area contributed by atoms with Crippen molar-refractivity contribution in [3.63, 3.8) is 0 Å². The van der Waals surface area contributed by atoms with Crippen molar-refractivity contribution in [2.75, 3.05) is 43.5 Å². The number of unbranched alkanes of at least 4 members (excludes halogenated alkanes) is 1. The lowest BCUT2D eigenvalue weighted by atomic mass is 10.1. The zero-order valence-electron chi connectivity index (χ0n) is 17.2. The summed E-state index contributed by atoms with van der Waals surface area (Å²) >= 11 is 0. The van der Waals surface area contributed by atoms with E-state index in [4.69, 9.17) is 10.5 Å². The molecule has 1 amide bonds. The van der Waals surface area contributed by atoms with Crippen LogP contribution in [0.1, 0.15) is 28.8 Å². The lowest BCUT2D eigenvalue weighted by Crippen LogP contribution is -2.36. The van der Waals surface area contributed by atoms with Crippen LogP contribution < -0.4 is 16.0 Å². The number of morpholine rings is 1. The Hall–Kier alpha value is -3.12. The number of benzene rings is 2. The SMILES string of the molecule is Nc1ccccc1CC(=O)/C=C/CCCNC(=O)c1ccc(N2CCOCC2)cc1. The van der Waals surface area contributed by atoms with E-state index in [9.17, 15) is 9.59 Å². The minimum atomic E-state index is -0.0804. The number of nitrogens with zero attached hydrogens (tertiary/aromatic N) is 1. The average Bonchev–Trinajstić information content (AvgIpc) is 2.78. The Morgan fingerprint density at radius 1 is 1.07 bits per heavy atom. The molecule has 158 valence electrons. The number of nitrogens with two attached hydrogens (primary N) is 1. The van der Waals surface area contributed by atoms with Crippen LogP contribution in [0.2, 0.25) is 0 Å². The van der Waals surface area contributed by atoms with Gasteiger partial charge in [0.15, 0.2) is 5.78 Å². The zero-order valence-corrected chi connectivity index (χ0v) is 17.2. The van der Waals surface area contributed by atoms with Crippen LogP contribution in [0.5, 0.6) is 0 Å². The molecule has 30 heavy (non-hydrogen) atoms. The minimum absolute atomic E-state index is 0.0253. The molecule has 0 radical (unpaired) electrons. The Kier molecular flexibility index (Phi) is 8.03. The molecular weight excluding hydrogens is 378 g/mol. The quantitative estimate of drug-likeness (QED) is 0.379. The molecule has 2 aromatic rings. The number of nitrogen functional groups attached to an aromatic ring is 1. The Morgan fingerprint density at radius 2 is 1.80 bits per heavy atom. The predicted molar refractivity (Wildman–Crippen MR) is 120 cm³/mol. The van der Waals surface area contributed by atoms with Gasteiger partial charge in [-0.2, -0.15) is 0 Å². The van der Waals surface area contributed by atoms with Crippen molar-refractivity contribution >= 4 is 23.1 Å². The van der Waals surface area contributed by atoms with E-state index in [1.54, 1.807) is 12.1 Å². The van der Waals surface area contributed by atoms with E-state index in [1.165, 1.54) is 0 Å². The molecule has 0 atom stereocenters. The van der Waals surface area contributed by atoms with Gasteiger partial charge in [-0.05, 0) is 54.8 Å². The molecule has 1 saturated heterocycles. The molecule has 0 aliphatic carbocycles. The Bertz CT molecular complexity index is 872. The standard InChI is InChI=1S/C24H29N3O3/c25-23-8-4-3-6-20(23)18-22(28)7-2-1-5-13-26-24(29)19-9-11-21(12-10-19)27-14-16-30-17-15-27/h2-4,6-12H,1,5,13-18,25H2,(H,26,29)/b7-2+. The van der Waals surface area contributed by atoms with Crippen LogP contribution in [-0.4, -0.2) is 44.5 Å². The fourth-order valence-electron chi connectivity index (χ4n) is 3.33. The number of nitrogens with one attached hydrogen (secondary N) is 1. The number of hydrogen-bond acceptors (Lipinski definition) is 5. The maximum atomic E-state index is 12.3. The molecule has 0 unspecified atom stereocenters. The normalized spacial score (nSPS) is 14.1. The number of carbonyl (C=O) groups is 2. The molecule has 3 rings (SSSR count). The van der Waals surface area contributed by atoms with E-state index in [0.717, 1.165) is 50.4 Å². The first-order chi connectivity index (χ1) is 14.6. The molecule has 1 aliphatic heterocycles. The molecular formula is C24H29N3O3.